The number of aromatic nitrogens is 1. The summed E-state index contributed by atoms with van der Waals surface area (Å²) in [5.74, 6) is 0.687. The maximum Gasteiger partial charge on any atom is 0.0970 e. The van der Waals surface area contributed by atoms with E-state index in [2.05, 4.69) is 53.3 Å². The second-order valence-electron chi connectivity index (χ2n) is 7.75. The summed E-state index contributed by atoms with van der Waals surface area (Å²) >= 11 is 1.91. The van der Waals surface area contributed by atoms with Crippen molar-refractivity contribution in [2.75, 3.05) is 24.5 Å². The minimum Gasteiger partial charge on any atom is -0.344 e. The summed E-state index contributed by atoms with van der Waals surface area (Å²) in [6.07, 6.45) is 11.9. The van der Waals surface area contributed by atoms with Gasteiger partial charge in [0.2, 0.25) is 0 Å². The Hall–Kier alpha value is -1.65. The highest BCUT2D eigenvalue weighted by atomic mass is 32.1. The zero-order valence-corrected chi connectivity index (χ0v) is 15.6. The molecule has 130 valence electrons. The summed E-state index contributed by atoms with van der Waals surface area (Å²) in [5.41, 5.74) is 3.84. The van der Waals surface area contributed by atoms with Crippen molar-refractivity contribution in [3.05, 3.63) is 47.1 Å². The molecule has 3 heterocycles. The molecule has 0 atom stereocenters. The molecule has 0 amide bonds. The Morgan fingerprint density at radius 3 is 2.80 bits per heavy atom. The van der Waals surface area contributed by atoms with Crippen molar-refractivity contribution in [3.63, 3.8) is 0 Å². The quantitative estimate of drug-likeness (QED) is 0.782. The number of nitrogens with zero attached hydrogens (tertiary/aromatic N) is 3. The lowest BCUT2D eigenvalue weighted by atomic mass is 9.80. The van der Waals surface area contributed by atoms with Gasteiger partial charge in [-0.25, -0.2) is 4.98 Å². The van der Waals surface area contributed by atoms with Crippen LogP contribution in [0.4, 0.5) is 5.69 Å². The number of anilines is 1. The number of fused-ring (bicyclic) bond motifs is 1. The third kappa shape index (κ3) is 2.91. The van der Waals surface area contributed by atoms with Crippen molar-refractivity contribution in [2.45, 2.75) is 44.6 Å². The lowest BCUT2D eigenvalue weighted by Crippen LogP contribution is -2.42. The van der Waals surface area contributed by atoms with Crippen molar-refractivity contribution < 1.29 is 0 Å². The number of benzene rings is 1. The number of hydrogen-bond donors (Lipinski definition) is 0. The van der Waals surface area contributed by atoms with Crippen LogP contribution in [0.3, 0.4) is 0 Å². The van der Waals surface area contributed by atoms with Crippen LogP contribution in [-0.2, 0) is 0 Å². The summed E-state index contributed by atoms with van der Waals surface area (Å²) in [4.78, 5) is 9.96. The van der Waals surface area contributed by atoms with E-state index in [0.717, 1.165) is 12.6 Å². The molecule has 0 N–H and O–H groups in total. The molecule has 1 aromatic carbocycles. The second-order valence-corrected chi connectivity index (χ2v) is 8.81. The monoisotopic (exact) mass is 351 g/mol. The van der Waals surface area contributed by atoms with E-state index in [-0.39, 0.29) is 0 Å². The van der Waals surface area contributed by atoms with Crippen LogP contribution in [0, 0.1) is 0 Å². The molecule has 5 rings (SSSR count). The van der Waals surface area contributed by atoms with Gasteiger partial charge in [-0.15, -0.1) is 11.3 Å². The summed E-state index contributed by atoms with van der Waals surface area (Å²) in [6, 6.07) is 7.55. The highest BCUT2D eigenvalue weighted by molar-refractivity contribution is 7.18. The van der Waals surface area contributed by atoms with E-state index in [1.165, 1.54) is 65.3 Å². The second kappa shape index (κ2) is 6.26. The van der Waals surface area contributed by atoms with Gasteiger partial charge in [-0.05, 0) is 70.0 Å². The van der Waals surface area contributed by atoms with E-state index < -0.39 is 0 Å². The van der Waals surface area contributed by atoms with E-state index in [0.29, 0.717) is 5.92 Å². The first-order chi connectivity index (χ1) is 12.3. The Morgan fingerprint density at radius 1 is 1.16 bits per heavy atom. The van der Waals surface area contributed by atoms with Gasteiger partial charge in [-0.1, -0.05) is 11.6 Å². The van der Waals surface area contributed by atoms with E-state index in [9.17, 15) is 0 Å². The van der Waals surface area contributed by atoms with Crippen LogP contribution >= 0.6 is 11.3 Å². The summed E-state index contributed by atoms with van der Waals surface area (Å²) in [5, 5.41) is 1.35. The highest BCUT2D eigenvalue weighted by Gasteiger charge is 2.37. The van der Waals surface area contributed by atoms with E-state index in [1.54, 1.807) is 0 Å². The van der Waals surface area contributed by atoms with Gasteiger partial charge in [0.1, 0.15) is 0 Å². The molecular weight excluding hydrogens is 326 g/mol. The summed E-state index contributed by atoms with van der Waals surface area (Å²) < 4.78 is 1.33. The molecule has 25 heavy (non-hydrogen) atoms. The van der Waals surface area contributed by atoms with Crippen LogP contribution in [0.2, 0.25) is 0 Å². The van der Waals surface area contributed by atoms with Crippen molar-refractivity contribution in [1.82, 2.24) is 9.88 Å². The largest absolute Gasteiger partial charge is 0.344 e. The minimum atomic E-state index is 0.687. The lowest BCUT2D eigenvalue weighted by Gasteiger charge is -2.40. The highest BCUT2D eigenvalue weighted by Crippen LogP contribution is 2.43. The molecule has 0 spiro atoms. The van der Waals surface area contributed by atoms with Crippen molar-refractivity contribution in [1.29, 1.82) is 0 Å². The first-order valence-electron chi connectivity index (χ1n) is 9.51. The Morgan fingerprint density at radius 2 is 2.00 bits per heavy atom. The Kier molecular flexibility index (Phi) is 3.90. The number of thiazole rings is 1. The number of allylic oxidation sites excluding steroid dienone is 2. The molecule has 1 aliphatic carbocycles. The summed E-state index contributed by atoms with van der Waals surface area (Å²) in [6.45, 7) is 5.80. The molecule has 1 saturated carbocycles. The van der Waals surface area contributed by atoms with Crippen LogP contribution in [0.25, 0.3) is 10.2 Å². The van der Waals surface area contributed by atoms with Crippen LogP contribution in [0.5, 0.6) is 0 Å². The fourth-order valence-corrected chi connectivity index (χ4v) is 5.47. The Balaban J connectivity index is 1.32. The number of likely N-dealkylation sites (tertiary alicyclic amines) is 1. The predicted octanol–water partition coefficient (Wildman–Crippen LogP) is 4.92. The van der Waals surface area contributed by atoms with E-state index in [4.69, 9.17) is 4.98 Å². The van der Waals surface area contributed by atoms with Gasteiger partial charge in [0, 0.05) is 30.4 Å². The molecule has 3 aliphatic rings. The molecule has 4 heteroatoms. The first-order valence-corrected chi connectivity index (χ1v) is 10.3. The molecule has 1 aromatic heterocycles. The number of rotatable bonds is 3. The van der Waals surface area contributed by atoms with Crippen molar-refractivity contribution in [2.24, 2.45) is 0 Å². The number of hydrogen-bond acceptors (Lipinski definition) is 4. The average Bonchev–Trinajstić information content (AvgIpc) is 3.22. The van der Waals surface area contributed by atoms with Gasteiger partial charge in [0.05, 0.1) is 15.2 Å². The predicted molar refractivity (Wildman–Crippen MR) is 106 cm³/mol. The topological polar surface area (TPSA) is 19.4 Å². The molecule has 0 radical (unpaired) electrons. The molecule has 2 aromatic rings. The van der Waals surface area contributed by atoms with Gasteiger partial charge in [-0.3, -0.25) is 0 Å². The molecule has 0 unspecified atom stereocenters. The zero-order chi connectivity index (χ0) is 16.8. The SMILES string of the molecule is CC1=CC=CN(c2ccc3nc(C4CC(N5CCCC5)C4)sc3c2)C1. The third-order valence-corrected chi connectivity index (χ3v) is 7.09. The Bertz CT molecular complexity index is 838. The van der Waals surface area contributed by atoms with Crippen LogP contribution in [0.1, 0.15) is 43.5 Å². The Labute approximate surface area is 153 Å². The average molecular weight is 352 g/mol. The first kappa shape index (κ1) is 15.6. The van der Waals surface area contributed by atoms with E-state index in [1.807, 2.05) is 11.3 Å². The van der Waals surface area contributed by atoms with Crippen molar-refractivity contribution in [3.8, 4) is 0 Å². The normalized spacial score (nSPS) is 26.9. The molecule has 2 fully saturated rings. The molecular formula is C21H25N3S. The summed E-state index contributed by atoms with van der Waals surface area (Å²) in [7, 11) is 0. The molecule has 3 nitrogen and oxygen atoms in total. The maximum atomic E-state index is 4.95. The molecule has 0 bridgehead atoms. The van der Waals surface area contributed by atoms with Gasteiger partial charge in [-0.2, -0.15) is 0 Å². The van der Waals surface area contributed by atoms with Crippen LogP contribution < -0.4 is 4.90 Å². The molecule has 1 saturated heterocycles. The maximum absolute atomic E-state index is 4.95. The third-order valence-electron chi connectivity index (χ3n) is 5.91. The van der Waals surface area contributed by atoms with Gasteiger partial charge in [0.25, 0.3) is 0 Å². The van der Waals surface area contributed by atoms with Gasteiger partial charge in [0.15, 0.2) is 0 Å². The van der Waals surface area contributed by atoms with Crippen LogP contribution in [0.15, 0.2) is 42.1 Å². The molecule has 2 aliphatic heterocycles. The van der Waals surface area contributed by atoms with Crippen LogP contribution in [-0.4, -0.2) is 35.6 Å². The zero-order valence-electron chi connectivity index (χ0n) is 14.8. The van der Waals surface area contributed by atoms with Gasteiger partial charge < -0.3 is 9.80 Å². The van der Waals surface area contributed by atoms with E-state index >= 15 is 0 Å². The fourth-order valence-electron chi connectivity index (χ4n) is 4.34. The minimum absolute atomic E-state index is 0.687. The lowest BCUT2D eigenvalue weighted by molar-refractivity contribution is 0.136. The smallest absolute Gasteiger partial charge is 0.0970 e. The standard InChI is InChI=1S/C21H25N3S/c1-15-5-4-10-24(14-15)17-6-7-19-20(13-17)25-21(22-19)16-11-18(12-16)23-8-2-3-9-23/h4-7,10,13,16,18H,2-3,8-9,11-12,14H2,1H3. The van der Waals surface area contributed by atoms with Gasteiger partial charge >= 0.3 is 0 Å². The fraction of sp³-hybridized carbons (Fsp3) is 0.476. The van der Waals surface area contributed by atoms with Crippen molar-refractivity contribution >= 4 is 27.2 Å².